The molecule has 1 rings (SSSR count). The maximum absolute atomic E-state index is 10.7. The molecule has 72 valence electrons. The number of hydrogen-bond donors (Lipinski definition) is 1. The van der Waals surface area contributed by atoms with Crippen LogP contribution < -0.4 is 5.32 Å². The average molecular weight is 181 g/mol. The number of terminal acetylenes is 1. The van der Waals surface area contributed by atoms with Crippen LogP contribution in [0.25, 0.3) is 0 Å². The van der Waals surface area contributed by atoms with Gasteiger partial charge in [-0.3, -0.25) is 4.79 Å². The van der Waals surface area contributed by atoms with Gasteiger partial charge < -0.3 is 10.1 Å². The van der Waals surface area contributed by atoms with Crippen molar-refractivity contribution in [3.63, 3.8) is 0 Å². The summed E-state index contributed by atoms with van der Waals surface area (Å²) in [5, 5.41) is 2.62. The van der Waals surface area contributed by atoms with E-state index in [1.807, 2.05) is 5.92 Å². The molecular weight excluding hydrogens is 166 g/mol. The Hall–Kier alpha value is -1.01. The molecule has 1 N–H and O–H groups in total. The number of carbonyl (C=O) groups excluding carboxylic acids is 1. The molecule has 0 aliphatic carbocycles. The second-order valence-corrected chi connectivity index (χ2v) is 3.18. The third kappa shape index (κ3) is 3.95. The van der Waals surface area contributed by atoms with Gasteiger partial charge in [-0.15, -0.1) is 6.42 Å². The summed E-state index contributed by atoms with van der Waals surface area (Å²) < 4.78 is 5.49. The first-order chi connectivity index (χ1) is 6.33. The highest BCUT2D eigenvalue weighted by Crippen LogP contribution is 2.14. The molecule has 1 heterocycles. The Morgan fingerprint density at radius 3 is 3.08 bits per heavy atom. The van der Waals surface area contributed by atoms with Crippen LogP contribution >= 0.6 is 0 Å². The van der Waals surface area contributed by atoms with Gasteiger partial charge in [-0.1, -0.05) is 0 Å². The Bertz CT molecular complexity index is 201. The van der Waals surface area contributed by atoms with Crippen LogP contribution in [0.4, 0.5) is 0 Å². The molecule has 1 saturated heterocycles. The second-order valence-electron chi connectivity index (χ2n) is 3.18. The lowest BCUT2D eigenvalue weighted by Crippen LogP contribution is -2.28. The van der Waals surface area contributed by atoms with Crippen molar-refractivity contribution in [2.45, 2.75) is 31.8 Å². The van der Waals surface area contributed by atoms with Crippen molar-refractivity contribution >= 4 is 5.91 Å². The summed E-state index contributed by atoms with van der Waals surface area (Å²) in [6.45, 7) is 1.47. The van der Waals surface area contributed by atoms with E-state index in [2.05, 4.69) is 5.32 Å². The molecule has 1 aliphatic rings. The van der Waals surface area contributed by atoms with Gasteiger partial charge in [-0.2, -0.15) is 0 Å². The van der Waals surface area contributed by atoms with E-state index in [4.69, 9.17) is 11.2 Å². The average Bonchev–Trinajstić information content (AvgIpc) is 2.19. The molecule has 0 radical (unpaired) electrons. The molecule has 1 fully saturated rings. The molecule has 0 bridgehead atoms. The van der Waals surface area contributed by atoms with Gasteiger partial charge in [0, 0.05) is 13.2 Å². The Morgan fingerprint density at radius 1 is 1.62 bits per heavy atom. The minimum atomic E-state index is -0.337. The molecule has 3 heteroatoms. The number of rotatable bonds is 3. The summed E-state index contributed by atoms with van der Waals surface area (Å²) in [7, 11) is 0. The molecule has 0 spiro atoms. The van der Waals surface area contributed by atoms with E-state index in [1.54, 1.807) is 0 Å². The maximum atomic E-state index is 10.7. The van der Waals surface area contributed by atoms with E-state index in [-0.39, 0.29) is 5.91 Å². The summed E-state index contributed by atoms with van der Waals surface area (Å²) in [5.41, 5.74) is 0. The summed E-state index contributed by atoms with van der Waals surface area (Å²) in [6, 6.07) is 0. The van der Waals surface area contributed by atoms with Crippen LogP contribution in [0.3, 0.4) is 0 Å². The van der Waals surface area contributed by atoms with Gasteiger partial charge in [0.05, 0.1) is 6.10 Å². The molecule has 0 aromatic rings. The monoisotopic (exact) mass is 181 g/mol. The fourth-order valence-corrected chi connectivity index (χ4v) is 1.43. The Balaban J connectivity index is 2.05. The molecule has 1 amide bonds. The van der Waals surface area contributed by atoms with Gasteiger partial charge >= 0.3 is 0 Å². The third-order valence-electron chi connectivity index (χ3n) is 2.16. The standard InChI is InChI=1S/C10H15NO2/c1-2-10(12)11-7-6-9-5-3-4-8-13-9/h1,9H,3-8H2,(H,11,12). The lowest BCUT2D eigenvalue weighted by atomic mass is 10.1. The van der Waals surface area contributed by atoms with Crippen LogP contribution in [0.2, 0.25) is 0 Å². The summed E-state index contributed by atoms with van der Waals surface area (Å²) in [5.74, 6) is 1.67. The fraction of sp³-hybridized carbons (Fsp3) is 0.700. The van der Waals surface area contributed by atoms with Crippen molar-refractivity contribution < 1.29 is 9.53 Å². The van der Waals surface area contributed by atoms with Gasteiger partial charge in [0.1, 0.15) is 0 Å². The summed E-state index contributed by atoms with van der Waals surface area (Å²) in [4.78, 5) is 10.7. The van der Waals surface area contributed by atoms with Crippen LogP contribution in [0.1, 0.15) is 25.7 Å². The van der Waals surface area contributed by atoms with E-state index >= 15 is 0 Å². The predicted octanol–water partition coefficient (Wildman–Crippen LogP) is 0.695. The zero-order chi connectivity index (χ0) is 9.52. The summed E-state index contributed by atoms with van der Waals surface area (Å²) >= 11 is 0. The molecule has 13 heavy (non-hydrogen) atoms. The lowest BCUT2D eigenvalue weighted by Gasteiger charge is -2.22. The minimum Gasteiger partial charge on any atom is -0.378 e. The quantitative estimate of drug-likeness (QED) is 0.651. The fourth-order valence-electron chi connectivity index (χ4n) is 1.43. The van der Waals surface area contributed by atoms with E-state index in [0.29, 0.717) is 12.6 Å². The molecule has 0 saturated carbocycles. The molecule has 0 aromatic heterocycles. The molecular formula is C10H15NO2. The number of carbonyl (C=O) groups is 1. The zero-order valence-corrected chi connectivity index (χ0v) is 7.71. The van der Waals surface area contributed by atoms with Gasteiger partial charge in [0.25, 0.3) is 5.91 Å². The number of amides is 1. The smallest absolute Gasteiger partial charge is 0.295 e. The Kier molecular flexibility index (Phi) is 4.34. The van der Waals surface area contributed by atoms with Gasteiger partial charge in [-0.25, -0.2) is 0 Å². The van der Waals surface area contributed by atoms with E-state index in [0.717, 1.165) is 25.9 Å². The SMILES string of the molecule is C#CC(=O)NCCC1CCCCO1. The molecule has 1 aliphatic heterocycles. The van der Waals surface area contributed by atoms with Crippen molar-refractivity contribution in [1.82, 2.24) is 5.32 Å². The largest absolute Gasteiger partial charge is 0.378 e. The molecule has 3 nitrogen and oxygen atoms in total. The van der Waals surface area contributed by atoms with Crippen molar-refractivity contribution in [3.8, 4) is 12.3 Å². The van der Waals surface area contributed by atoms with Gasteiger partial charge in [0.2, 0.25) is 0 Å². The lowest BCUT2D eigenvalue weighted by molar-refractivity contribution is -0.115. The predicted molar refractivity (Wildman–Crippen MR) is 50.1 cm³/mol. The molecule has 0 aromatic carbocycles. The highest BCUT2D eigenvalue weighted by atomic mass is 16.5. The molecule has 1 unspecified atom stereocenters. The number of ether oxygens (including phenoxy) is 1. The highest BCUT2D eigenvalue weighted by molar-refractivity contribution is 5.92. The van der Waals surface area contributed by atoms with Crippen molar-refractivity contribution in [3.05, 3.63) is 0 Å². The Morgan fingerprint density at radius 2 is 2.46 bits per heavy atom. The van der Waals surface area contributed by atoms with Gasteiger partial charge in [0.15, 0.2) is 0 Å². The number of hydrogen-bond acceptors (Lipinski definition) is 2. The van der Waals surface area contributed by atoms with Crippen molar-refractivity contribution in [2.75, 3.05) is 13.2 Å². The normalized spacial score (nSPS) is 21.9. The van der Waals surface area contributed by atoms with Crippen LogP contribution in [0.5, 0.6) is 0 Å². The summed E-state index contributed by atoms with van der Waals surface area (Å²) in [6.07, 6.45) is 9.57. The van der Waals surface area contributed by atoms with Crippen LogP contribution in [-0.4, -0.2) is 25.2 Å². The van der Waals surface area contributed by atoms with Crippen LogP contribution in [0.15, 0.2) is 0 Å². The first-order valence-electron chi connectivity index (χ1n) is 4.69. The van der Waals surface area contributed by atoms with E-state index in [9.17, 15) is 4.79 Å². The van der Waals surface area contributed by atoms with Crippen molar-refractivity contribution in [2.24, 2.45) is 0 Å². The maximum Gasteiger partial charge on any atom is 0.295 e. The van der Waals surface area contributed by atoms with Crippen LogP contribution in [0, 0.1) is 12.3 Å². The highest BCUT2D eigenvalue weighted by Gasteiger charge is 2.12. The van der Waals surface area contributed by atoms with Gasteiger partial charge in [-0.05, 0) is 31.6 Å². The van der Waals surface area contributed by atoms with Crippen molar-refractivity contribution in [1.29, 1.82) is 0 Å². The molecule has 1 atom stereocenters. The topological polar surface area (TPSA) is 38.3 Å². The third-order valence-corrected chi connectivity index (χ3v) is 2.16. The van der Waals surface area contributed by atoms with Crippen LogP contribution in [-0.2, 0) is 9.53 Å². The first kappa shape index (κ1) is 10.1. The van der Waals surface area contributed by atoms with E-state index in [1.165, 1.54) is 6.42 Å². The number of nitrogens with one attached hydrogen (secondary N) is 1. The minimum absolute atomic E-state index is 0.312. The van der Waals surface area contributed by atoms with E-state index < -0.39 is 0 Å². The first-order valence-corrected chi connectivity index (χ1v) is 4.69. The zero-order valence-electron chi connectivity index (χ0n) is 7.71. The second kappa shape index (κ2) is 5.60. The Labute approximate surface area is 78.8 Å².